The SMILES string of the molecule is Cc1cccc(C(F)(F)C(=O)O)c1C(F)(F)F. The lowest BCUT2D eigenvalue weighted by molar-refractivity contribution is -0.169. The Kier molecular flexibility index (Phi) is 3.13. The minimum absolute atomic E-state index is 0.448. The maximum atomic E-state index is 13.1. The zero-order chi connectivity index (χ0) is 13.4. The number of carbonyl (C=O) groups is 1. The molecule has 1 aromatic carbocycles. The lowest BCUT2D eigenvalue weighted by atomic mass is 9.97. The fraction of sp³-hybridized carbons (Fsp3) is 0.300. The predicted octanol–water partition coefficient (Wildman–Crippen LogP) is 3.19. The maximum absolute atomic E-state index is 13.1. The van der Waals surface area contributed by atoms with E-state index in [1.54, 1.807) is 0 Å². The smallest absolute Gasteiger partial charge is 0.417 e. The Morgan fingerprint density at radius 1 is 1.18 bits per heavy atom. The zero-order valence-electron chi connectivity index (χ0n) is 8.48. The van der Waals surface area contributed by atoms with E-state index < -0.39 is 34.8 Å². The second-order valence-corrected chi connectivity index (χ2v) is 3.37. The van der Waals surface area contributed by atoms with E-state index in [2.05, 4.69) is 0 Å². The first kappa shape index (κ1) is 13.4. The van der Waals surface area contributed by atoms with Crippen LogP contribution in [0.15, 0.2) is 18.2 Å². The number of hydrogen-bond acceptors (Lipinski definition) is 1. The van der Waals surface area contributed by atoms with Crippen molar-refractivity contribution >= 4 is 5.97 Å². The Morgan fingerprint density at radius 2 is 1.71 bits per heavy atom. The number of aryl methyl sites for hydroxylation is 1. The Morgan fingerprint density at radius 3 is 2.12 bits per heavy atom. The van der Waals surface area contributed by atoms with Crippen LogP contribution in [0.1, 0.15) is 16.7 Å². The quantitative estimate of drug-likeness (QED) is 0.823. The Bertz CT molecular complexity index is 450. The first-order chi connectivity index (χ1) is 7.58. The predicted molar refractivity (Wildman–Crippen MR) is 47.7 cm³/mol. The summed E-state index contributed by atoms with van der Waals surface area (Å²) in [6, 6.07) is 2.41. The third-order valence-electron chi connectivity index (χ3n) is 2.16. The summed E-state index contributed by atoms with van der Waals surface area (Å²) in [6.45, 7) is 0.990. The molecule has 0 amide bonds. The van der Waals surface area contributed by atoms with E-state index in [0.29, 0.717) is 6.07 Å². The monoisotopic (exact) mass is 254 g/mol. The molecule has 0 spiro atoms. The van der Waals surface area contributed by atoms with Gasteiger partial charge in [-0.1, -0.05) is 18.2 Å². The van der Waals surface area contributed by atoms with Gasteiger partial charge in [-0.05, 0) is 12.5 Å². The van der Waals surface area contributed by atoms with Crippen molar-refractivity contribution < 1.29 is 31.9 Å². The van der Waals surface area contributed by atoms with E-state index in [4.69, 9.17) is 5.11 Å². The molecule has 1 N–H and O–H groups in total. The number of carboxylic acid groups (broad SMARTS) is 1. The van der Waals surface area contributed by atoms with Crippen LogP contribution in [0, 0.1) is 6.92 Å². The molecular formula is C10H7F5O2. The van der Waals surface area contributed by atoms with E-state index >= 15 is 0 Å². The highest BCUT2D eigenvalue weighted by atomic mass is 19.4. The lowest BCUT2D eigenvalue weighted by Crippen LogP contribution is -2.29. The van der Waals surface area contributed by atoms with Gasteiger partial charge in [0.15, 0.2) is 0 Å². The second-order valence-electron chi connectivity index (χ2n) is 3.37. The summed E-state index contributed by atoms with van der Waals surface area (Å²) in [4.78, 5) is 10.3. The number of benzene rings is 1. The highest BCUT2D eigenvalue weighted by Gasteiger charge is 2.48. The normalized spacial score (nSPS) is 12.6. The number of carboxylic acids is 1. The average Bonchev–Trinajstić information content (AvgIpc) is 2.14. The number of hydrogen-bond donors (Lipinski definition) is 1. The fourth-order valence-corrected chi connectivity index (χ4v) is 1.42. The summed E-state index contributed by atoms with van der Waals surface area (Å²) in [7, 11) is 0. The van der Waals surface area contributed by atoms with Crippen LogP contribution in [0.5, 0.6) is 0 Å². The molecule has 0 aliphatic carbocycles. The van der Waals surface area contributed by atoms with Crippen LogP contribution < -0.4 is 0 Å². The third-order valence-corrected chi connectivity index (χ3v) is 2.16. The number of alkyl halides is 5. The summed E-state index contributed by atoms with van der Waals surface area (Å²) in [6.07, 6.45) is -5.03. The number of halogens is 5. The summed E-state index contributed by atoms with van der Waals surface area (Å²) in [5.41, 5.74) is -3.60. The fourth-order valence-electron chi connectivity index (χ4n) is 1.42. The highest BCUT2D eigenvalue weighted by Crippen LogP contribution is 2.41. The summed E-state index contributed by atoms with van der Waals surface area (Å²) in [5.74, 6) is -7.19. The van der Waals surface area contributed by atoms with Crippen LogP contribution in [0.25, 0.3) is 0 Å². The topological polar surface area (TPSA) is 37.3 Å². The molecule has 0 unspecified atom stereocenters. The molecule has 7 heteroatoms. The van der Waals surface area contributed by atoms with Crippen molar-refractivity contribution in [2.24, 2.45) is 0 Å². The molecule has 0 heterocycles. The molecule has 0 atom stereocenters. The van der Waals surface area contributed by atoms with Crippen molar-refractivity contribution in [2.45, 2.75) is 19.0 Å². The van der Waals surface area contributed by atoms with Gasteiger partial charge in [0.2, 0.25) is 0 Å². The molecule has 94 valence electrons. The molecule has 0 aliphatic rings. The van der Waals surface area contributed by atoms with Gasteiger partial charge in [-0.25, -0.2) is 4.79 Å². The van der Waals surface area contributed by atoms with Gasteiger partial charge in [0.05, 0.1) is 5.56 Å². The van der Waals surface area contributed by atoms with E-state index in [1.807, 2.05) is 0 Å². The number of aliphatic carboxylic acids is 1. The third kappa shape index (κ3) is 2.37. The number of rotatable bonds is 2. The molecule has 1 aromatic rings. The second kappa shape index (κ2) is 3.97. The maximum Gasteiger partial charge on any atom is 0.417 e. The van der Waals surface area contributed by atoms with Gasteiger partial charge in [-0.3, -0.25) is 0 Å². The van der Waals surface area contributed by atoms with Gasteiger partial charge in [-0.15, -0.1) is 0 Å². The van der Waals surface area contributed by atoms with E-state index in [-0.39, 0.29) is 0 Å². The average molecular weight is 254 g/mol. The van der Waals surface area contributed by atoms with Crippen molar-refractivity contribution in [3.63, 3.8) is 0 Å². The van der Waals surface area contributed by atoms with Gasteiger partial charge in [-0.2, -0.15) is 22.0 Å². The summed E-state index contributed by atoms with van der Waals surface area (Å²) < 4.78 is 64.0. The Balaban J connectivity index is 3.56. The molecule has 0 saturated carbocycles. The molecule has 0 aliphatic heterocycles. The van der Waals surface area contributed by atoms with Crippen LogP contribution in [0.3, 0.4) is 0 Å². The van der Waals surface area contributed by atoms with Gasteiger partial charge in [0.25, 0.3) is 0 Å². The molecule has 0 fully saturated rings. The van der Waals surface area contributed by atoms with E-state index in [0.717, 1.165) is 19.1 Å². The molecular weight excluding hydrogens is 247 g/mol. The molecule has 1 rings (SSSR count). The first-order valence-electron chi connectivity index (χ1n) is 4.37. The van der Waals surface area contributed by atoms with Gasteiger partial charge < -0.3 is 5.11 Å². The van der Waals surface area contributed by atoms with Crippen molar-refractivity contribution in [1.82, 2.24) is 0 Å². The molecule has 17 heavy (non-hydrogen) atoms. The minimum atomic E-state index is -5.03. The van der Waals surface area contributed by atoms with Crippen LogP contribution >= 0.6 is 0 Å². The van der Waals surface area contributed by atoms with Crippen LogP contribution in [0.4, 0.5) is 22.0 Å². The van der Waals surface area contributed by atoms with E-state index in [9.17, 15) is 26.7 Å². The van der Waals surface area contributed by atoms with Crippen molar-refractivity contribution in [2.75, 3.05) is 0 Å². The van der Waals surface area contributed by atoms with Crippen molar-refractivity contribution in [3.05, 3.63) is 34.9 Å². The van der Waals surface area contributed by atoms with Crippen molar-refractivity contribution in [3.8, 4) is 0 Å². The first-order valence-corrected chi connectivity index (χ1v) is 4.37. The standard InChI is InChI=1S/C10H7F5O2/c1-5-3-2-4-6(7(5)10(13,14)15)9(11,12)8(16)17/h2-4H,1H3,(H,16,17). The van der Waals surface area contributed by atoms with Crippen LogP contribution in [0.2, 0.25) is 0 Å². The van der Waals surface area contributed by atoms with Crippen LogP contribution in [-0.4, -0.2) is 11.1 Å². The Hall–Kier alpha value is -1.66. The van der Waals surface area contributed by atoms with Gasteiger partial charge >= 0.3 is 18.1 Å². The lowest BCUT2D eigenvalue weighted by Gasteiger charge is -2.19. The zero-order valence-corrected chi connectivity index (χ0v) is 8.48. The van der Waals surface area contributed by atoms with Gasteiger partial charge in [0, 0.05) is 5.56 Å². The summed E-state index contributed by atoms with van der Waals surface area (Å²) >= 11 is 0. The van der Waals surface area contributed by atoms with Crippen molar-refractivity contribution in [1.29, 1.82) is 0 Å². The van der Waals surface area contributed by atoms with E-state index in [1.165, 1.54) is 0 Å². The summed E-state index contributed by atoms with van der Waals surface area (Å²) in [5, 5.41) is 8.26. The Labute approximate surface area is 92.7 Å². The van der Waals surface area contributed by atoms with Crippen LogP contribution in [-0.2, 0) is 16.9 Å². The molecule has 0 aromatic heterocycles. The largest absolute Gasteiger partial charge is 0.477 e. The molecule has 0 saturated heterocycles. The molecule has 0 bridgehead atoms. The molecule has 0 radical (unpaired) electrons. The molecule has 2 nitrogen and oxygen atoms in total. The van der Waals surface area contributed by atoms with Gasteiger partial charge in [0.1, 0.15) is 0 Å². The minimum Gasteiger partial charge on any atom is -0.477 e. The highest BCUT2D eigenvalue weighted by molar-refractivity contribution is 5.78.